The second kappa shape index (κ2) is 19.0. The van der Waals surface area contributed by atoms with Gasteiger partial charge in [-0.1, -0.05) is 140 Å². The van der Waals surface area contributed by atoms with E-state index in [0.29, 0.717) is 5.56 Å². The van der Waals surface area contributed by atoms with Gasteiger partial charge in [0.25, 0.3) is 5.91 Å². The summed E-state index contributed by atoms with van der Waals surface area (Å²) in [4.78, 5) is 69.2. The topological polar surface area (TPSA) is 151 Å². The number of hydrogen-bond acceptors (Lipinski definition) is 9. The van der Waals surface area contributed by atoms with E-state index < -0.39 is 65.4 Å². The minimum atomic E-state index is -1.36. The molecule has 0 aromatic heterocycles. The van der Waals surface area contributed by atoms with Crippen LogP contribution in [0.3, 0.4) is 0 Å². The lowest BCUT2D eigenvalue weighted by molar-refractivity contribution is -0.168. The van der Waals surface area contributed by atoms with Gasteiger partial charge in [0.05, 0.1) is 6.61 Å². The summed E-state index contributed by atoms with van der Waals surface area (Å²) in [7, 11) is 0. The van der Waals surface area contributed by atoms with E-state index >= 15 is 0 Å². The lowest BCUT2D eigenvalue weighted by Gasteiger charge is -2.53. The Morgan fingerprint density at radius 1 is 0.712 bits per heavy atom. The molecule has 59 heavy (non-hydrogen) atoms. The summed E-state index contributed by atoms with van der Waals surface area (Å²) in [5.74, 6) is -2.31. The lowest BCUT2D eigenvalue weighted by Crippen LogP contribution is -2.74. The molecule has 7 rings (SSSR count). The van der Waals surface area contributed by atoms with Crippen molar-refractivity contribution in [2.45, 2.75) is 48.9 Å². The van der Waals surface area contributed by atoms with Crippen LogP contribution in [-0.4, -0.2) is 76.0 Å². The molecule has 0 aliphatic carbocycles. The summed E-state index contributed by atoms with van der Waals surface area (Å²) >= 11 is 1.31. The molecule has 12 heteroatoms. The highest BCUT2D eigenvalue weighted by Gasteiger charge is 2.58. The first-order valence-electron chi connectivity index (χ1n) is 19.6. The Morgan fingerprint density at radius 3 is 1.68 bits per heavy atom. The van der Waals surface area contributed by atoms with E-state index in [1.165, 1.54) is 16.7 Å². The third kappa shape index (κ3) is 9.56. The van der Waals surface area contributed by atoms with Crippen LogP contribution in [0.15, 0.2) is 152 Å². The number of nitrogens with zero attached hydrogens (tertiary/aromatic N) is 1. The molecular formula is C47H45N3O8S. The van der Waals surface area contributed by atoms with E-state index in [4.69, 9.17) is 9.47 Å². The summed E-state index contributed by atoms with van der Waals surface area (Å²) in [6.45, 7) is -0.579. The van der Waals surface area contributed by atoms with Crippen LogP contribution < -0.4 is 10.6 Å². The van der Waals surface area contributed by atoms with Crippen LogP contribution in [0.4, 0.5) is 0 Å². The molecule has 3 amide bonds. The van der Waals surface area contributed by atoms with Gasteiger partial charge in [-0.3, -0.25) is 19.2 Å². The van der Waals surface area contributed by atoms with Gasteiger partial charge in [0, 0.05) is 24.3 Å². The van der Waals surface area contributed by atoms with Crippen LogP contribution in [0.5, 0.6) is 0 Å². The van der Waals surface area contributed by atoms with Gasteiger partial charge >= 0.3 is 11.9 Å². The minimum absolute atomic E-state index is 0.0276. The molecule has 5 aromatic rings. The molecule has 0 radical (unpaired) electrons. The van der Waals surface area contributed by atoms with Crippen molar-refractivity contribution in [2.75, 3.05) is 18.9 Å². The van der Waals surface area contributed by atoms with Crippen molar-refractivity contribution >= 4 is 41.4 Å². The van der Waals surface area contributed by atoms with Crippen molar-refractivity contribution in [3.63, 3.8) is 0 Å². The van der Waals surface area contributed by atoms with Crippen LogP contribution in [-0.2, 0) is 28.7 Å². The first-order valence-corrected chi connectivity index (χ1v) is 20.6. The van der Waals surface area contributed by atoms with Gasteiger partial charge in [-0.2, -0.15) is 0 Å². The third-order valence-corrected chi connectivity index (χ3v) is 12.2. The third-order valence-electron chi connectivity index (χ3n) is 10.6. The number of ether oxygens (including phenoxy) is 2. The average molecular weight is 812 g/mol. The van der Waals surface area contributed by atoms with Crippen molar-refractivity contribution in [2.24, 2.45) is 5.41 Å². The Kier molecular flexibility index (Phi) is 13.2. The minimum Gasteiger partial charge on any atom is -0.452 e. The first-order chi connectivity index (χ1) is 28.8. The van der Waals surface area contributed by atoms with E-state index in [-0.39, 0.29) is 37.5 Å². The molecule has 2 fully saturated rings. The highest BCUT2D eigenvalue weighted by atomic mass is 32.2. The van der Waals surface area contributed by atoms with E-state index in [2.05, 4.69) is 10.6 Å². The number of benzene rings is 5. The maximum absolute atomic E-state index is 13.9. The molecule has 2 aliphatic heterocycles. The summed E-state index contributed by atoms with van der Waals surface area (Å²) in [5.41, 5.74) is 2.08. The zero-order valence-electron chi connectivity index (χ0n) is 32.2. The fraction of sp³-hybridized carbons (Fsp3) is 0.255. The number of carbonyl (C=O) groups excluding carboxylic acids is 5. The Hall–Kier alpha value is -6.24. The molecule has 2 aliphatic rings. The molecule has 302 valence electrons. The molecule has 0 spiro atoms. The maximum Gasteiger partial charge on any atom is 0.329 e. The Bertz CT molecular complexity index is 2140. The lowest BCUT2D eigenvalue weighted by atomic mass is 9.87. The van der Waals surface area contributed by atoms with Crippen LogP contribution in [0.1, 0.15) is 64.1 Å². The summed E-state index contributed by atoms with van der Waals surface area (Å²) in [5, 5.41) is 15.8. The fourth-order valence-corrected chi connectivity index (χ4v) is 8.83. The van der Waals surface area contributed by atoms with Crippen molar-refractivity contribution in [3.8, 4) is 0 Å². The second-order valence-electron chi connectivity index (χ2n) is 14.7. The molecule has 2 heterocycles. The van der Waals surface area contributed by atoms with Gasteiger partial charge in [-0.05, 0) is 47.2 Å². The van der Waals surface area contributed by atoms with Crippen molar-refractivity contribution in [3.05, 3.63) is 179 Å². The van der Waals surface area contributed by atoms with Crippen molar-refractivity contribution in [1.82, 2.24) is 15.5 Å². The number of aliphatic hydroxyl groups is 1. The van der Waals surface area contributed by atoms with Crippen LogP contribution in [0.25, 0.3) is 0 Å². The van der Waals surface area contributed by atoms with E-state index in [9.17, 15) is 29.1 Å². The summed E-state index contributed by atoms with van der Waals surface area (Å²) < 4.78 is 12.2. The molecule has 11 nitrogen and oxygen atoms in total. The zero-order valence-corrected chi connectivity index (χ0v) is 33.0. The Morgan fingerprint density at radius 2 is 1.19 bits per heavy atom. The van der Waals surface area contributed by atoms with Gasteiger partial charge in [0.2, 0.25) is 11.8 Å². The first kappa shape index (κ1) is 40.9. The second-order valence-corrected chi connectivity index (χ2v) is 15.8. The number of esters is 2. The van der Waals surface area contributed by atoms with Crippen LogP contribution in [0.2, 0.25) is 0 Å². The predicted molar refractivity (Wildman–Crippen MR) is 223 cm³/mol. The van der Waals surface area contributed by atoms with E-state index in [1.54, 1.807) is 30.3 Å². The SMILES string of the molecule is O=C(CCCC(NC(=O)c1ccccc1)C(=O)OC(c1ccccc1)c1ccccc1)NC1C(=O)N2CC(CO)(C(=O)OC(c3ccccc3)c3ccccc3)CS[C@H]12. The molecule has 3 unspecified atom stereocenters. The highest BCUT2D eigenvalue weighted by Crippen LogP contribution is 2.43. The number of nitrogens with one attached hydrogen (secondary N) is 2. The summed E-state index contributed by atoms with van der Waals surface area (Å²) in [6, 6.07) is 43.9. The van der Waals surface area contributed by atoms with Gasteiger partial charge in [-0.15, -0.1) is 11.8 Å². The predicted octanol–water partition coefficient (Wildman–Crippen LogP) is 6.00. The van der Waals surface area contributed by atoms with Crippen molar-refractivity contribution in [1.29, 1.82) is 0 Å². The zero-order chi connectivity index (χ0) is 41.2. The smallest absolute Gasteiger partial charge is 0.329 e. The summed E-state index contributed by atoms with van der Waals surface area (Å²) in [6.07, 6.45) is -1.17. The molecule has 0 bridgehead atoms. The number of aliphatic hydroxyl groups excluding tert-OH is 1. The standard InChI is InChI=1S/C47H45N3O8S/c51-30-47(46(56)58-41(34-21-10-3-11-22-34)35-23-12-4-13-24-35)29-50-43(54)39(44(50)59-31-47)49-38(52)28-16-27-37(48-42(53)36-25-14-5-15-26-36)45(55)57-40(32-17-6-1-7-18-32)33-19-8-2-9-20-33/h1-15,17-26,37,39-41,44,51H,16,27-31H2,(H,48,53)(H,49,52)/t37?,39?,44-,47?/m1/s1. The Labute approximate surface area is 347 Å². The number of amides is 3. The van der Waals surface area contributed by atoms with E-state index in [1.807, 2.05) is 121 Å². The quantitative estimate of drug-likeness (QED) is 0.0806. The Balaban J connectivity index is 0.968. The van der Waals surface area contributed by atoms with Gasteiger partial charge < -0.3 is 30.1 Å². The van der Waals surface area contributed by atoms with Gasteiger partial charge in [0.15, 0.2) is 12.2 Å². The molecule has 4 atom stereocenters. The van der Waals surface area contributed by atoms with Gasteiger partial charge in [-0.25, -0.2) is 4.79 Å². The monoisotopic (exact) mass is 811 g/mol. The van der Waals surface area contributed by atoms with Gasteiger partial charge in [0.1, 0.15) is 22.9 Å². The molecule has 5 aromatic carbocycles. The van der Waals surface area contributed by atoms with Crippen molar-refractivity contribution < 1.29 is 38.6 Å². The van der Waals surface area contributed by atoms with Crippen LogP contribution >= 0.6 is 11.8 Å². The largest absolute Gasteiger partial charge is 0.452 e. The van der Waals surface area contributed by atoms with E-state index in [0.717, 1.165) is 22.3 Å². The number of β-lactam (4-membered cyclic amide) rings is 1. The molecule has 3 N–H and O–H groups in total. The fourth-order valence-electron chi connectivity index (χ4n) is 7.30. The molecule has 2 saturated heterocycles. The number of carbonyl (C=O) groups is 5. The molecule has 0 saturated carbocycles. The number of rotatable bonds is 16. The normalized spacial score (nSPS) is 18.9. The average Bonchev–Trinajstić information content (AvgIpc) is 3.29. The number of thioether (sulfide) groups is 1. The number of fused-ring (bicyclic) bond motifs is 1. The number of hydrogen-bond donors (Lipinski definition) is 3. The maximum atomic E-state index is 13.9. The highest BCUT2D eigenvalue weighted by molar-refractivity contribution is 8.00. The van der Waals surface area contributed by atoms with Crippen LogP contribution in [0, 0.1) is 5.41 Å². The molecular weight excluding hydrogens is 767 g/mol.